The number of nitrogens with zero attached hydrogens (tertiary/aromatic N) is 2. The molecule has 0 bridgehead atoms. The third kappa shape index (κ3) is 4.17. The van der Waals surface area contributed by atoms with Gasteiger partial charge in [-0.1, -0.05) is 23.2 Å². The molecular weight excluding hydrogens is 429 g/mol. The fraction of sp³-hybridized carbons (Fsp3) is 0.238. The van der Waals surface area contributed by atoms with E-state index in [0.29, 0.717) is 24.3 Å². The average Bonchev–Trinajstić information content (AvgIpc) is 2.94. The minimum atomic E-state index is -0.608. The normalized spacial score (nSPS) is 12.7. The monoisotopic (exact) mass is 447 g/mol. The Balaban J connectivity index is 1.67. The largest absolute Gasteiger partial charge is 0.339 e. The molecule has 0 saturated heterocycles. The Hall–Kier alpha value is -2.90. The first-order valence-electron chi connectivity index (χ1n) is 9.31. The molecular formula is C21H19Cl2N3O4. The topological polar surface area (TPSA) is 86.8 Å². The summed E-state index contributed by atoms with van der Waals surface area (Å²) in [6.45, 7) is 4.55. The van der Waals surface area contributed by atoms with Crippen molar-refractivity contribution in [3.05, 3.63) is 63.1 Å². The van der Waals surface area contributed by atoms with Crippen LogP contribution in [0.3, 0.4) is 0 Å². The van der Waals surface area contributed by atoms with Gasteiger partial charge in [0.1, 0.15) is 6.54 Å². The first kappa shape index (κ1) is 21.8. The van der Waals surface area contributed by atoms with Gasteiger partial charge in [0, 0.05) is 24.3 Å². The molecule has 0 fully saturated rings. The highest BCUT2D eigenvalue weighted by atomic mass is 35.5. The summed E-state index contributed by atoms with van der Waals surface area (Å²) in [6, 6.07) is 9.06. The molecule has 9 heteroatoms. The standard InChI is InChI=1S/C21H19Cl2N3O4/c1-3-25(4-2)19(28)12-5-7-13(8-6-12)24-18(27)11-26-20(29)14-9-16(22)17(23)10-15(14)21(26)30/h5-10H,3-4,11H2,1-2H3,(H,24,27). The summed E-state index contributed by atoms with van der Waals surface area (Å²) in [7, 11) is 0. The summed E-state index contributed by atoms with van der Waals surface area (Å²) < 4.78 is 0. The predicted molar refractivity (Wildman–Crippen MR) is 114 cm³/mol. The molecule has 0 aromatic heterocycles. The maximum absolute atomic E-state index is 12.5. The average molecular weight is 448 g/mol. The fourth-order valence-corrected chi connectivity index (χ4v) is 3.49. The van der Waals surface area contributed by atoms with Crippen molar-refractivity contribution in [2.24, 2.45) is 0 Å². The number of amides is 4. The lowest BCUT2D eigenvalue weighted by Gasteiger charge is -2.18. The van der Waals surface area contributed by atoms with E-state index in [0.717, 1.165) is 4.90 Å². The summed E-state index contributed by atoms with van der Waals surface area (Å²) in [4.78, 5) is 52.2. The van der Waals surface area contributed by atoms with Crippen LogP contribution >= 0.6 is 23.2 Å². The highest BCUT2D eigenvalue weighted by molar-refractivity contribution is 6.43. The van der Waals surface area contributed by atoms with Crippen LogP contribution in [0.1, 0.15) is 44.9 Å². The first-order valence-corrected chi connectivity index (χ1v) is 10.1. The van der Waals surface area contributed by atoms with Gasteiger partial charge in [-0.2, -0.15) is 0 Å². The number of anilines is 1. The van der Waals surface area contributed by atoms with E-state index >= 15 is 0 Å². The molecule has 2 aromatic carbocycles. The number of rotatable bonds is 6. The molecule has 0 unspecified atom stereocenters. The van der Waals surface area contributed by atoms with E-state index in [2.05, 4.69) is 5.32 Å². The summed E-state index contributed by atoms with van der Waals surface area (Å²) >= 11 is 11.8. The van der Waals surface area contributed by atoms with E-state index in [-0.39, 0.29) is 27.1 Å². The van der Waals surface area contributed by atoms with Gasteiger partial charge in [-0.3, -0.25) is 24.1 Å². The second kappa shape index (κ2) is 8.85. The Morgan fingerprint density at radius 2 is 1.43 bits per heavy atom. The number of carbonyl (C=O) groups is 4. The molecule has 0 aliphatic carbocycles. The lowest BCUT2D eigenvalue weighted by Crippen LogP contribution is -2.37. The summed E-state index contributed by atoms with van der Waals surface area (Å²) in [6.07, 6.45) is 0. The Morgan fingerprint density at radius 1 is 0.933 bits per heavy atom. The van der Waals surface area contributed by atoms with E-state index in [1.54, 1.807) is 29.2 Å². The van der Waals surface area contributed by atoms with Crippen LogP contribution in [0.2, 0.25) is 10.0 Å². The predicted octanol–water partition coefficient (Wildman–Crippen LogP) is 3.71. The minimum absolute atomic E-state index is 0.0961. The lowest BCUT2D eigenvalue weighted by molar-refractivity contribution is -0.116. The molecule has 4 amide bonds. The highest BCUT2D eigenvalue weighted by Crippen LogP contribution is 2.31. The van der Waals surface area contributed by atoms with Crippen LogP contribution in [0.15, 0.2) is 36.4 Å². The van der Waals surface area contributed by atoms with Crippen molar-refractivity contribution in [3.8, 4) is 0 Å². The second-order valence-corrected chi connectivity index (χ2v) is 7.43. The number of carbonyl (C=O) groups excluding carboxylic acids is 4. The smallest absolute Gasteiger partial charge is 0.262 e. The maximum atomic E-state index is 12.5. The van der Waals surface area contributed by atoms with Crippen molar-refractivity contribution in [2.45, 2.75) is 13.8 Å². The number of fused-ring (bicyclic) bond motifs is 1. The molecule has 1 heterocycles. The van der Waals surface area contributed by atoms with Crippen molar-refractivity contribution in [2.75, 3.05) is 25.0 Å². The van der Waals surface area contributed by atoms with Crippen LogP contribution in [0, 0.1) is 0 Å². The molecule has 1 aliphatic rings. The van der Waals surface area contributed by atoms with E-state index in [1.165, 1.54) is 12.1 Å². The molecule has 7 nitrogen and oxygen atoms in total. The molecule has 30 heavy (non-hydrogen) atoms. The zero-order valence-corrected chi connectivity index (χ0v) is 17.9. The van der Waals surface area contributed by atoms with Crippen LogP contribution < -0.4 is 5.32 Å². The van der Waals surface area contributed by atoms with Gasteiger partial charge < -0.3 is 10.2 Å². The number of benzene rings is 2. The van der Waals surface area contributed by atoms with Gasteiger partial charge >= 0.3 is 0 Å². The van der Waals surface area contributed by atoms with Gasteiger partial charge in [0.05, 0.1) is 21.2 Å². The number of hydrogen-bond donors (Lipinski definition) is 1. The Bertz CT molecular complexity index is 992. The molecule has 0 radical (unpaired) electrons. The SMILES string of the molecule is CCN(CC)C(=O)c1ccc(NC(=O)CN2C(=O)c3cc(Cl)c(Cl)cc3C2=O)cc1. The summed E-state index contributed by atoms with van der Waals surface area (Å²) in [5, 5.41) is 2.93. The minimum Gasteiger partial charge on any atom is -0.339 e. The second-order valence-electron chi connectivity index (χ2n) is 6.61. The van der Waals surface area contributed by atoms with Gasteiger partial charge in [0.25, 0.3) is 17.7 Å². The number of nitrogens with one attached hydrogen (secondary N) is 1. The molecule has 1 N–H and O–H groups in total. The third-order valence-corrected chi connectivity index (χ3v) is 5.50. The van der Waals surface area contributed by atoms with Crippen LogP contribution in [0.4, 0.5) is 5.69 Å². The summed E-state index contributed by atoms with van der Waals surface area (Å²) in [5.74, 6) is -1.86. The van der Waals surface area contributed by atoms with Crippen molar-refractivity contribution in [1.82, 2.24) is 9.80 Å². The molecule has 0 atom stereocenters. The van der Waals surface area contributed by atoms with Gasteiger partial charge in [-0.15, -0.1) is 0 Å². The molecule has 0 spiro atoms. The molecule has 156 valence electrons. The van der Waals surface area contributed by atoms with Crippen LogP contribution in [-0.4, -0.2) is 53.1 Å². The van der Waals surface area contributed by atoms with Crippen molar-refractivity contribution < 1.29 is 19.2 Å². The third-order valence-electron chi connectivity index (χ3n) is 4.78. The van der Waals surface area contributed by atoms with Crippen LogP contribution in [-0.2, 0) is 4.79 Å². The molecule has 2 aromatic rings. The van der Waals surface area contributed by atoms with Gasteiger partial charge in [-0.25, -0.2) is 0 Å². The molecule has 0 saturated carbocycles. The molecule has 3 rings (SSSR count). The van der Waals surface area contributed by atoms with E-state index in [1.807, 2.05) is 13.8 Å². The zero-order valence-electron chi connectivity index (χ0n) is 16.4. The Morgan fingerprint density at radius 3 is 1.90 bits per heavy atom. The number of halogens is 2. The molecule has 1 aliphatic heterocycles. The van der Waals surface area contributed by atoms with Crippen molar-refractivity contribution in [3.63, 3.8) is 0 Å². The van der Waals surface area contributed by atoms with Gasteiger partial charge in [0.15, 0.2) is 0 Å². The first-order chi connectivity index (χ1) is 14.3. The number of imide groups is 1. The van der Waals surface area contributed by atoms with Crippen LogP contribution in [0.5, 0.6) is 0 Å². The van der Waals surface area contributed by atoms with Crippen LogP contribution in [0.25, 0.3) is 0 Å². The van der Waals surface area contributed by atoms with Crippen molar-refractivity contribution in [1.29, 1.82) is 0 Å². The fourth-order valence-electron chi connectivity index (χ4n) is 3.16. The van der Waals surface area contributed by atoms with Gasteiger partial charge in [-0.05, 0) is 50.2 Å². The van der Waals surface area contributed by atoms with E-state index in [9.17, 15) is 19.2 Å². The Kier molecular flexibility index (Phi) is 6.43. The Labute approximate surface area is 183 Å². The zero-order chi connectivity index (χ0) is 22.0. The van der Waals surface area contributed by atoms with Gasteiger partial charge in [0.2, 0.25) is 5.91 Å². The summed E-state index contributed by atoms with van der Waals surface area (Å²) in [5.41, 5.74) is 1.17. The number of hydrogen-bond acceptors (Lipinski definition) is 4. The van der Waals surface area contributed by atoms with E-state index < -0.39 is 24.3 Å². The van der Waals surface area contributed by atoms with E-state index in [4.69, 9.17) is 23.2 Å². The van der Waals surface area contributed by atoms with Crippen molar-refractivity contribution >= 4 is 52.5 Å². The maximum Gasteiger partial charge on any atom is 0.262 e. The highest BCUT2D eigenvalue weighted by Gasteiger charge is 2.37. The lowest BCUT2D eigenvalue weighted by atomic mass is 10.1. The quantitative estimate of drug-likeness (QED) is 0.683.